The lowest BCUT2D eigenvalue weighted by molar-refractivity contribution is 0.0924. The summed E-state index contributed by atoms with van der Waals surface area (Å²) in [5, 5.41) is 2.87. The van der Waals surface area contributed by atoms with Crippen molar-refractivity contribution in [2.24, 2.45) is 11.3 Å². The van der Waals surface area contributed by atoms with Gasteiger partial charge in [-0.2, -0.15) is 0 Å². The number of carbonyl (C=O) groups is 1. The molecular weight excluding hydrogens is 249 g/mol. The zero-order valence-corrected chi connectivity index (χ0v) is 12.1. The van der Waals surface area contributed by atoms with Gasteiger partial charge in [-0.3, -0.25) is 4.79 Å². The van der Waals surface area contributed by atoms with Gasteiger partial charge in [0, 0.05) is 17.0 Å². The summed E-state index contributed by atoms with van der Waals surface area (Å²) in [5.74, 6) is -0.150. The average Bonchev–Trinajstić information content (AvgIpc) is 2.29. The van der Waals surface area contributed by atoms with E-state index in [4.69, 9.17) is 0 Å². The second kappa shape index (κ2) is 5.74. The van der Waals surface area contributed by atoms with E-state index in [-0.39, 0.29) is 16.2 Å². The predicted octanol–water partition coefficient (Wildman–Crippen LogP) is 3.53. The maximum Gasteiger partial charge on any atom is 0.251 e. The monoisotopic (exact) mass is 269 g/mol. The predicted molar refractivity (Wildman–Crippen MR) is 74.6 cm³/mol. The van der Waals surface area contributed by atoms with Crippen molar-refractivity contribution < 1.29 is 9.18 Å². The molecule has 0 heterocycles. The molecule has 0 aliphatic heterocycles. The minimum Gasteiger partial charge on any atom is -0.351 e. The first-order valence-corrected chi connectivity index (χ1v) is 6.45. The maximum atomic E-state index is 13.0. The third-order valence-corrected chi connectivity index (χ3v) is 3.82. The van der Waals surface area contributed by atoms with Gasteiger partial charge in [0.2, 0.25) is 0 Å². The van der Waals surface area contributed by atoms with Gasteiger partial charge in [0.25, 0.3) is 5.91 Å². The molecule has 0 fully saturated rings. The highest BCUT2D eigenvalue weighted by Gasteiger charge is 2.23. The van der Waals surface area contributed by atoms with Crippen molar-refractivity contribution in [3.8, 4) is 0 Å². The van der Waals surface area contributed by atoms with Crippen LogP contribution in [0.5, 0.6) is 0 Å². The highest BCUT2D eigenvalue weighted by molar-refractivity contribution is 7.80. The average molecular weight is 269 g/mol. The summed E-state index contributed by atoms with van der Waals surface area (Å²) in [7, 11) is 0. The zero-order valence-electron chi connectivity index (χ0n) is 11.2. The molecule has 4 heteroatoms. The first kappa shape index (κ1) is 15.0. The first-order valence-electron chi connectivity index (χ1n) is 6.01. The van der Waals surface area contributed by atoms with Crippen LogP contribution in [-0.2, 0) is 0 Å². The lowest BCUT2D eigenvalue weighted by Gasteiger charge is -2.29. The maximum absolute atomic E-state index is 13.0. The molecule has 0 atom stereocenters. The molecule has 1 rings (SSSR count). The fourth-order valence-electron chi connectivity index (χ4n) is 1.27. The SMILES string of the molecule is CC(C)C(C)(C)CNC(=O)c1ccc(F)c(S)c1. The lowest BCUT2D eigenvalue weighted by atomic mass is 9.81. The molecule has 0 radical (unpaired) electrons. The largest absolute Gasteiger partial charge is 0.351 e. The molecule has 0 saturated carbocycles. The third kappa shape index (κ3) is 3.73. The molecule has 0 unspecified atom stereocenters. The van der Waals surface area contributed by atoms with Gasteiger partial charge in [-0.15, -0.1) is 12.6 Å². The van der Waals surface area contributed by atoms with E-state index < -0.39 is 5.82 Å². The van der Waals surface area contributed by atoms with Crippen LogP contribution in [0.25, 0.3) is 0 Å². The van der Waals surface area contributed by atoms with Gasteiger partial charge in [0.15, 0.2) is 0 Å². The van der Waals surface area contributed by atoms with Gasteiger partial charge in [-0.05, 0) is 29.5 Å². The van der Waals surface area contributed by atoms with E-state index >= 15 is 0 Å². The molecule has 1 N–H and O–H groups in total. The number of hydrogen-bond donors (Lipinski definition) is 2. The lowest BCUT2D eigenvalue weighted by Crippen LogP contribution is -2.36. The molecule has 18 heavy (non-hydrogen) atoms. The Labute approximate surface area is 113 Å². The second-order valence-corrected chi connectivity index (χ2v) is 5.97. The third-order valence-electron chi connectivity index (χ3n) is 3.48. The van der Waals surface area contributed by atoms with Gasteiger partial charge < -0.3 is 5.32 Å². The number of halogens is 1. The Kier molecular flexibility index (Phi) is 4.79. The normalized spacial score (nSPS) is 11.7. The van der Waals surface area contributed by atoms with E-state index in [0.29, 0.717) is 18.0 Å². The Hall–Kier alpha value is -1.03. The van der Waals surface area contributed by atoms with E-state index in [0.717, 1.165) is 0 Å². The minimum absolute atomic E-state index is 0.0273. The molecule has 1 aromatic rings. The first-order chi connectivity index (χ1) is 8.24. The van der Waals surface area contributed by atoms with Crippen LogP contribution in [0.3, 0.4) is 0 Å². The smallest absolute Gasteiger partial charge is 0.251 e. The van der Waals surface area contributed by atoms with Gasteiger partial charge in [-0.25, -0.2) is 4.39 Å². The molecule has 0 aliphatic rings. The Morgan fingerprint density at radius 2 is 2.06 bits per heavy atom. The standard InChI is InChI=1S/C14H20FNOS/c1-9(2)14(3,4)8-16-13(17)10-5-6-11(15)12(18)7-10/h5-7,9,18H,8H2,1-4H3,(H,16,17). The van der Waals surface area contributed by atoms with E-state index in [2.05, 4.69) is 45.6 Å². The Morgan fingerprint density at radius 1 is 1.44 bits per heavy atom. The highest BCUT2D eigenvalue weighted by Crippen LogP contribution is 2.24. The van der Waals surface area contributed by atoms with Crippen LogP contribution >= 0.6 is 12.6 Å². The quantitative estimate of drug-likeness (QED) is 0.805. The Balaban J connectivity index is 2.69. The summed E-state index contributed by atoms with van der Waals surface area (Å²) in [6, 6.07) is 4.16. The minimum atomic E-state index is -0.419. The zero-order chi connectivity index (χ0) is 13.9. The molecule has 1 amide bonds. The van der Waals surface area contributed by atoms with Crippen molar-refractivity contribution in [3.05, 3.63) is 29.6 Å². The number of hydrogen-bond acceptors (Lipinski definition) is 2. The second-order valence-electron chi connectivity index (χ2n) is 5.49. The summed E-state index contributed by atoms with van der Waals surface area (Å²) in [6.07, 6.45) is 0. The van der Waals surface area contributed by atoms with Crippen LogP contribution < -0.4 is 5.32 Å². The summed E-state index contributed by atoms with van der Waals surface area (Å²) < 4.78 is 13.0. The van der Waals surface area contributed by atoms with E-state index in [1.54, 1.807) is 0 Å². The van der Waals surface area contributed by atoms with Crippen LogP contribution in [-0.4, -0.2) is 12.5 Å². The van der Waals surface area contributed by atoms with Crippen molar-refractivity contribution in [2.45, 2.75) is 32.6 Å². The molecule has 0 bridgehead atoms. The number of thiol groups is 1. The van der Waals surface area contributed by atoms with Crippen molar-refractivity contribution >= 4 is 18.5 Å². The van der Waals surface area contributed by atoms with Gasteiger partial charge in [-0.1, -0.05) is 27.7 Å². The van der Waals surface area contributed by atoms with Crippen molar-refractivity contribution in [1.29, 1.82) is 0 Å². The van der Waals surface area contributed by atoms with Gasteiger partial charge in [0.1, 0.15) is 5.82 Å². The summed E-state index contributed by atoms with van der Waals surface area (Å²) >= 11 is 3.96. The fourth-order valence-corrected chi connectivity index (χ4v) is 1.48. The van der Waals surface area contributed by atoms with Gasteiger partial charge in [0.05, 0.1) is 0 Å². The number of nitrogens with one attached hydrogen (secondary N) is 1. The van der Waals surface area contributed by atoms with Crippen LogP contribution in [0.15, 0.2) is 23.1 Å². The molecule has 0 aromatic heterocycles. The fraction of sp³-hybridized carbons (Fsp3) is 0.500. The molecule has 2 nitrogen and oxygen atoms in total. The van der Waals surface area contributed by atoms with Crippen LogP contribution in [0.2, 0.25) is 0 Å². The van der Waals surface area contributed by atoms with Crippen LogP contribution in [0.1, 0.15) is 38.1 Å². The van der Waals surface area contributed by atoms with Gasteiger partial charge >= 0.3 is 0 Å². The molecule has 0 saturated heterocycles. The van der Waals surface area contributed by atoms with Crippen molar-refractivity contribution in [2.75, 3.05) is 6.54 Å². The Bertz CT molecular complexity index is 443. The topological polar surface area (TPSA) is 29.1 Å². The summed E-state index contributed by atoms with van der Waals surface area (Å²) in [6.45, 7) is 9.04. The molecule has 1 aromatic carbocycles. The van der Waals surface area contributed by atoms with Crippen molar-refractivity contribution in [3.63, 3.8) is 0 Å². The molecular formula is C14H20FNOS. The van der Waals surface area contributed by atoms with Crippen molar-refractivity contribution in [1.82, 2.24) is 5.32 Å². The molecule has 100 valence electrons. The number of carbonyl (C=O) groups excluding carboxylic acids is 1. The number of benzene rings is 1. The summed E-state index contributed by atoms with van der Waals surface area (Å²) in [4.78, 5) is 12.1. The molecule has 0 spiro atoms. The van der Waals surface area contributed by atoms with Crippen LogP contribution in [0, 0.1) is 17.2 Å². The van der Waals surface area contributed by atoms with E-state index in [9.17, 15) is 9.18 Å². The van der Waals surface area contributed by atoms with Crippen LogP contribution in [0.4, 0.5) is 4.39 Å². The highest BCUT2D eigenvalue weighted by atomic mass is 32.1. The van der Waals surface area contributed by atoms with E-state index in [1.807, 2.05) is 0 Å². The number of rotatable bonds is 4. The summed E-state index contributed by atoms with van der Waals surface area (Å²) in [5.41, 5.74) is 0.459. The Morgan fingerprint density at radius 3 is 2.56 bits per heavy atom. The molecule has 0 aliphatic carbocycles. The number of amides is 1. The van der Waals surface area contributed by atoms with E-state index in [1.165, 1.54) is 18.2 Å².